The number of ether oxygens (including phenoxy) is 1. The molecule has 9 atom stereocenters. The van der Waals surface area contributed by atoms with Crippen LogP contribution in [0.1, 0.15) is 217 Å². The minimum atomic E-state index is -0.142. The smallest absolute Gasteiger partial charge is 0.306 e. The lowest BCUT2D eigenvalue weighted by molar-refractivity contribution is -0.164. The first-order chi connectivity index (χ1) is 23.9. The van der Waals surface area contributed by atoms with Crippen LogP contribution < -0.4 is 0 Å². The Hall–Kier alpha value is -1.12. The lowest BCUT2D eigenvalue weighted by atomic mass is 9.42. The molecule has 0 bridgehead atoms. The highest BCUT2D eigenvalue weighted by Gasteiger charge is 2.67. The number of carbonyl (C=O) groups excluding carboxylic acids is 2. The van der Waals surface area contributed by atoms with Crippen molar-refractivity contribution in [3.05, 3.63) is 11.6 Å². The fourth-order valence-corrected chi connectivity index (χ4v) is 12.3. The van der Waals surface area contributed by atoms with E-state index in [2.05, 4.69) is 82.2 Å². The number of unbranched alkanes of at least 4 members (excludes halogenated alkanes) is 12. The van der Waals surface area contributed by atoms with Gasteiger partial charge >= 0.3 is 5.97 Å². The van der Waals surface area contributed by atoms with Gasteiger partial charge in [-0.1, -0.05) is 159 Å². The van der Waals surface area contributed by atoms with Crippen molar-refractivity contribution in [1.29, 1.82) is 0 Å². The molecule has 294 valence electrons. The third-order valence-corrected chi connectivity index (χ3v) is 16.1. The van der Waals surface area contributed by atoms with E-state index < -0.39 is 0 Å². The molecule has 4 aliphatic carbocycles. The molecule has 0 aromatic heterocycles. The Morgan fingerprint density at radius 2 is 1.37 bits per heavy atom. The maximum atomic E-state index is 14.0. The molecule has 51 heavy (non-hydrogen) atoms. The quantitative estimate of drug-likeness (QED) is 0.0991. The zero-order chi connectivity index (χ0) is 37.7. The molecule has 4 rings (SSSR count). The van der Waals surface area contributed by atoms with Gasteiger partial charge in [0, 0.05) is 17.8 Å². The van der Waals surface area contributed by atoms with Crippen LogP contribution in [0, 0.1) is 56.7 Å². The molecular weight excluding hydrogens is 625 g/mol. The van der Waals surface area contributed by atoms with E-state index >= 15 is 0 Å². The van der Waals surface area contributed by atoms with E-state index in [1.807, 2.05) is 0 Å². The summed E-state index contributed by atoms with van der Waals surface area (Å²) >= 11 is 0. The van der Waals surface area contributed by atoms with Crippen LogP contribution in [0.5, 0.6) is 0 Å². The average molecular weight is 709 g/mol. The maximum Gasteiger partial charge on any atom is 0.306 e. The molecule has 3 nitrogen and oxygen atoms in total. The monoisotopic (exact) mass is 709 g/mol. The third kappa shape index (κ3) is 9.58. The molecule has 3 saturated carbocycles. The molecule has 3 fully saturated rings. The SMILES string of the molecule is CCCCCCCCCCCCCCCC(=O)O[C@H](CCC(C)(C)C)C(C)(C)[C@H]1CC[C@@]2(C)C3=CC(=O)[C@@H]4C[C@@H](C)[C@@H](C)C[C@]4(C)C3CC[C@]12C. The first-order valence-electron chi connectivity index (χ1n) is 22.4. The largest absolute Gasteiger partial charge is 0.462 e. The van der Waals surface area contributed by atoms with Gasteiger partial charge in [0.2, 0.25) is 0 Å². The van der Waals surface area contributed by atoms with E-state index in [9.17, 15) is 9.59 Å². The van der Waals surface area contributed by atoms with Crippen molar-refractivity contribution < 1.29 is 14.3 Å². The van der Waals surface area contributed by atoms with Gasteiger partial charge in [0.25, 0.3) is 0 Å². The lowest BCUT2D eigenvalue weighted by Gasteiger charge is -2.62. The van der Waals surface area contributed by atoms with Crippen LogP contribution in [-0.4, -0.2) is 17.9 Å². The normalized spacial score (nSPS) is 34.4. The zero-order valence-electron chi connectivity index (χ0n) is 35.8. The highest BCUT2D eigenvalue weighted by atomic mass is 16.5. The Labute approximate surface area is 317 Å². The van der Waals surface area contributed by atoms with Crippen LogP contribution in [0.3, 0.4) is 0 Å². The topological polar surface area (TPSA) is 43.4 Å². The Morgan fingerprint density at radius 3 is 1.94 bits per heavy atom. The van der Waals surface area contributed by atoms with Crippen molar-refractivity contribution in [3.8, 4) is 0 Å². The standard InChI is InChI=1S/C48H84O3/c1-12-13-14-15-16-17-18-19-20-21-22-23-24-25-43(50)51-42(28-29-44(4,5)6)45(7,8)41-27-31-47(10)38-33-40(49)39-32-35(2)36(3)34-46(39,9)37(38)26-30-48(41,47)11/h33,35-37,39,41-42H,12-32,34H2,1-11H3/t35-,36+,37?,39+,41-,42-,46-,47+,48-/m1/s1. The third-order valence-electron chi connectivity index (χ3n) is 16.1. The summed E-state index contributed by atoms with van der Waals surface area (Å²) in [5, 5.41) is 0. The van der Waals surface area contributed by atoms with Crippen LogP contribution in [0.15, 0.2) is 11.6 Å². The molecule has 0 spiro atoms. The van der Waals surface area contributed by atoms with Gasteiger partial charge in [-0.25, -0.2) is 0 Å². The summed E-state index contributed by atoms with van der Waals surface area (Å²) in [5.74, 6) is 2.88. The number of fused-ring (bicyclic) bond motifs is 5. The van der Waals surface area contributed by atoms with E-state index in [0.717, 1.165) is 44.9 Å². The van der Waals surface area contributed by atoms with Crippen molar-refractivity contribution in [2.75, 3.05) is 0 Å². The summed E-state index contributed by atoms with van der Waals surface area (Å²) in [6.45, 7) is 26.4. The summed E-state index contributed by atoms with van der Waals surface area (Å²) in [7, 11) is 0. The summed E-state index contributed by atoms with van der Waals surface area (Å²) in [6.07, 6.45) is 28.6. The molecule has 1 unspecified atom stereocenters. The molecule has 4 aliphatic rings. The molecule has 0 aliphatic heterocycles. The van der Waals surface area contributed by atoms with Crippen molar-refractivity contribution in [3.63, 3.8) is 0 Å². The van der Waals surface area contributed by atoms with Gasteiger partial charge in [-0.2, -0.15) is 0 Å². The molecule has 3 heteroatoms. The van der Waals surface area contributed by atoms with Gasteiger partial charge in [0.15, 0.2) is 5.78 Å². The van der Waals surface area contributed by atoms with Gasteiger partial charge < -0.3 is 4.74 Å². The van der Waals surface area contributed by atoms with Gasteiger partial charge in [0.1, 0.15) is 6.10 Å². The number of esters is 1. The van der Waals surface area contributed by atoms with Gasteiger partial charge in [-0.05, 0) is 109 Å². The number of ketones is 1. The van der Waals surface area contributed by atoms with Crippen LogP contribution >= 0.6 is 0 Å². The van der Waals surface area contributed by atoms with Gasteiger partial charge in [0.05, 0.1) is 0 Å². The van der Waals surface area contributed by atoms with Gasteiger partial charge in [-0.3, -0.25) is 9.59 Å². The van der Waals surface area contributed by atoms with Crippen molar-refractivity contribution in [2.45, 2.75) is 224 Å². The Morgan fingerprint density at radius 1 is 0.804 bits per heavy atom. The fourth-order valence-electron chi connectivity index (χ4n) is 12.3. The lowest BCUT2D eigenvalue weighted by Crippen LogP contribution is -2.57. The summed E-state index contributed by atoms with van der Waals surface area (Å²) in [5.41, 5.74) is 1.72. The van der Waals surface area contributed by atoms with E-state index in [1.54, 1.807) is 0 Å². The van der Waals surface area contributed by atoms with Crippen molar-refractivity contribution >= 4 is 11.8 Å². The average Bonchev–Trinajstić information content (AvgIpc) is 3.34. The Bertz CT molecular complexity index is 1170. The van der Waals surface area contributed by atoms with E-state index in [4.69, 9.17) is 4.74 Å². The van der Waals surface area contributed by atoms with Crippen LogP contribution in [0.25, 0.3) is 0 Å². The van der Waals surface area contributed by atoms with E-state index in [-0.39, 0.29) is 45.1 Å². The molecule has 0 radical (unpaired) electrons. The predicted octanol–water partition coefficient (Wildman–Crippen LogP) is 14.3. The van der Waals surface area contributed by atoms with Gasteiger partial charge in [-0.15, -0.1) is 0 Å². The highest BCUT2D eigenvalue weighted by molar-refractivity contribution is 5.94. The molecule has 0 aromatic carbocycles. The second kappa shape index (κ2) is 17.6. The number of rotatable bonds is 19. The Balaban J connectivity index is 1.37. The fraction of sp³-hybridized carbons (Fsp3) is 0.917. The highest BCUT2D eigenvalue weighted by Crippen LogP contribution is 2.73. The molecule has 0 aromatic rings. The minimum Gasteiger partial charge on any atom is -0.462 e. The molecule has 0 amide bonds. The van der Waals surface area contributed by atoms with Crippen molar-refractivity contribution in [1.82, 2.24) is 0 Å². The predicted molar refractivity (Wildman–Crippen MR) is 217 cm³/mol. The minimum absolute atomic E-state index is 0.0138. The Kier molecular flexibility index (Phi) is 14.7. The molecule has 0 N–H and O–H groups in total. The van der Waals surface area contributed by atoms with Crippen molar-refractivity contribution in [2.24, 2.45) is 56.7 Å². The zero-order valence-corrected chi connectivity index (χ0v) is 35.8. The second-order valence-electron chi connectivity index (χ2n) is 21.3. The molecular formula is C48H84O3. The van der Waals surface area contributed by atoms with Crippen LogP contribution in [0.2, 0.25) is 0 Å². The first kappa shape index (κ1) is 42.6. The summed E-state index contributed by atoms with van der Waals surface area (Å²) in [4.78, 5) is 27.5. The first-order valence-corrected chi connectivity index (χ1v) is 22.4. The van der Waals surface area contributed by atoms with Crippen LogP contribution in [-0.2, 0) is 14.3 Å². The summed E-state index contributed by atoms with van der Waals surface area (Å²) in [6, 6.07) is 0. The van der Waals surface area contributed by atoms with E-state index in [0.29, 0.717) is 35.9 Å². The number of allylic oxidation sites excluding steroid dienone is 2. The number of carbonyl (C=O) groups is 2. The second-order valence-corrected chi connectivity index (χ2v) is 21.3. The molecule has 0 saturated heterocycles. The molecule has 0 heterocycles. The number of hydrogen-bond acceptors (Lipinski definition) is 3. The number of hydrogen-bond donors (Lipinski definition) is 0. The van der Waals surface area contributed by atoms with E-state index in [1.165, 1.54) is 95.5 Å². The summed E-state index contributed by atoms with van der Waals surface area (Å²) < 4.78 is 6.61. The van der Waals surface area contributed by atoms with Crippen LogP contribution in [0.4, 0.5) is 0 Å². The maximum absolute atomic E-state index is 14.0.